The molecule has 0 saturated heterocycles. The van der Waals surface area contributed by atoms with Crippen LogP contribution < -0.4 is 20.7 Å². The molecule has 0 spiro atoms. The molecular formula is C20H19O2P. The lowest BCUT2D eigenvalue weighted by Crippen LogP contribution is -2.25. The summed E-state index contributed by atoms with van der Waals surface area (Å²) in [6, 6.07) is 26.9. The third-order valence-corrected chi connectivity index (χ3v) is 6.79. The molecule has 116 valence electrons. The van der Waals surface area contributed by atoms with Gasteiger partial charge in [0.15, 0.2) is 7.14 Å². The van der Waals surface area contributed by atoms with Crippen molar-refractivity contribution in [3.63, 3.8) is 0 Å². The van der Waals surface area contributed by atoms with Gasteiger partial charge in [-0.2, -0.15) is 0 Å². The summed E-state index contributed by atoms with van der Waals surface area (Å²) < 4.78 is 19.7. The van der Waals surface area contributed by atoms with Crippen LogP contribution >= 0.6 is 7.14 Å². The van der Waals surface area contributed by atoms with E-state index in [9.17, 15) is 4.57 Å². The average Bonchev–Trinajstić information content (AvgIpc) is 2.63. The summed E-state index contributed by atoms with van der Waals surface area (Å²) in [5, 5.41) is 2.46. The van der Waals surface area contributed by atoms with Crippen molar-refractivity contribution in [1.82, 2.24) is 0 Å². The largest absolute Gasteiger partial charge is 0.494 e. The van der Waals surface area contributed by atoms with Crippen LogP contribution in [0.3, 0.4) is 0 Å². The lowest BCUT2D eigenvalue weighted by molar-refractivity contribution is 0.340. The van der Waals surface area contributed by atoms with Crippen molar-refractivity contribution < 1.29 is 9.30 Å². The molecule has 3 aromatic carbocycles. The summed E-state index contributed by atoms with van der Waals surface area (Å²) in [7, 11) is -2.91. The van der Waals surface area contributed by atoms with Crippen molar-refractivity contribution in [3.8, 4) is 5.75 Å². The van der Waals surface area contributed by atoms with Gasteiger partial charge in [0.2, 0.25) is 0 Å². The van der Waals surface area contributed by atoms with E-state index < -0.39 is 7.14 Å². The normalized spacial score (nSPS) is 11.2. The van der Waals surface area contributed by atoms with Gasteiger partial charge < -0.3 is 9.30 Å². The molecule has 3 aromatic rings. The van der Waals surface area contributed by atoms with Crippen LogP contribution in [0.1, 0.15) is 6.92 Å². The molecule has 0 N–H and O–H groups in total. The average molecular weight is 322 g/mol. The van der Waals surface area contributed by atoms with Crippen LogP contribution in [0.15, 0.2) is 84.9 Å². The van der Waals surface area contributed by atoms with Crippen molar-refractivity contribution in [2.45, 2.75) is 6.92 Å². The molecule has 3 heteroatoms. The predicted molar refractivity (Wildman–Crippen MR) is 97.0 cm³/mol. The van der Waals surface area contributed by atoms with E-state index in [1.54, 1.807) is 0 Å². The van der Waals surface area contributed by atoms with Crippen molar-refractivity contribution in [2.24, 2.45) is 0 Å². The molecule has 0 heterocycles. The minimum atomic E-state index is -2.91. The molecule has 0 saturated carbocycles. The van der Waals surface area contributed by atoms with Gasteiger partial charge >= 0.3 is 0 Å². The van der Waals surface area contributed by atoms with Crippen molar-refractivity contribution in [1.29, 1.82) is 0 Å². The minimum absolute atomic E-state index is 0.588. The van der Waals surface area contributed by atoms with Gasteiger partial charge in [-0.25, -0.2) is 0 Å². The van der Waals surface area contributed by atoms with Crippen molar-refractivity contribution in [3.05, 3.63) is 84.9 Å². The standard InChI is InChI=1S/C20H19O2P/c1-2-22-17-10-9-15-20(16-17)23(21,18-11-5-3-6-12-18)19-13-7-4-8-14-19/h3-16H,2H2,1H3. The zero-order valence-electron chi connectivity index (χ0n) is 13.1. The predicted octanol–water partition coefficient (Wildman–Crippen LogP) is 3.72. The van der Waals surface area contributed by atoms with Gasteiger partial charge in [-0.05, 0) is 19.1 Å². The molecule has 3 rings (SSSR count). The maximum Gasteiger partial charge on any atom is 0.171 e. The van der Waals surface area contributed by atoms with E-state index in [1.165, 1.54) is 0 Å². The maximum absolute atomic E-state index is 14.1. The van der Waals surface area contributed by atoms with Crippen molar-refractivity contribution in [2.75, 3.05) is 6.61 Å². The summed E-state index contributed by atoms with van der Waals surface area (Å²) in [4.78, 5) is 0. The van der Waals surface area contributed by atoms with E-state index in [1.807, 2.05) is 91.9 Å². The maximum atomic E-state index is 14.1. The molecular weight excluding hydrogens is 303 g/mol. The summed E-state index contributed by atoms with van der Waals surface area (Å²) in [6.07, 6.45) is 0. The van der Waals surface area contributed by atoms with Crippen LogP contribution in [0, 0.1) is 0 Å². The third-order valence-electron chi connectivity index (χ3n) is 3.73. The molecule has 2 nitrogen and oxygen atoms in total. The first kappa shape index (κ1) is 15.6. The van der Waals surface area contributed by atoms with E-state index in [0.717, 1.165) is 21.7 Å². The fourth-order valence-corrected chi connectivity index (χ4v) is 5.34. The lowest BCUT2D eigenvalue weighted by atomic mass is 10.3. The Labute approximate surface area is 137 Å². The van der Waals surface area contributed by atoms with E-state index in [4.69, 9.17) is 4.74 Å². The Kier molecular flexibility index (Phi) is 4.64. The van der Waals surface area contributed by atoms with Gasteiger partial charge in [0.1, 0.15) is 5.75 Å². The van der Waals surface area contributed by atoms with Gasteiger partial charge in [-0.1, -0.05) is 72.8 Å². The minimum Gasteiger partial charge on any atom is -0.494 e. The molecule has 0 unspecified atom stereocenters. The van der Waals surface area contributed by atoms with Crippen LogP contribution in [0.5, 0.6) is 5.75 Å². The highest BCUT2D eigenvalue weighted by Crippen LogP contribution is 2.42. The monoisotopic (exact) mass is 322 g/mol. The van der Waals surface area contributed by atoms with Gasteiger partial charge in [-0.15, -0.1) is 0 Å². The molecule has 23 heavy (non-hydrogen) atoms. The summed E-state index contributed by atoms with van der Waals surface area (Å²) in [6.45, 7) is 2.53. The Morgan fingerprint density at radius 1 is 0.739 bits per heavy atom. The van der Waals surface area contributed by atoms with Crippen LogP contribution in [-0.2, 0) is 4.57 Å². The fourth-order valence-electron chi connectivity index (χ4n) is 2.66. The van der Waals surface area contributed by atoms with E-state index >= 15 is 0 Å². The van der Waals surface area contributed by atoms with Gasteiger partial charge in [0.05, 0.1) is 6.61 Å². The summed E-state index contributed by atoms with van der Waals surface area (Å²) in [5.74, 6) is 0.747. The van der Waals surface area contributed by atoms with Crippen LogP contribution in [-0.4, -0.2) is 6.61 Å². The second-order valence-corrected chi connectivity index (χ2v) is 7.98. The van der Waals surface area contributed by atoms with Crippen LogP contribution in [0.25, 0.3) is 0 Å². The second-order valence-electron chi connectivity index (χ2n) is 5.21. The Bertz CT molecular complexity index is 770. The second kappa shape index (κ2) is 6.85. The van der Waals surface area contributed by atoms with Crippen LogP contribution in [0.4, 0.5) is 0 Å². The highest BCUT2D eigenvalue weighted by atomic mass is 31.2. The number of ether oxygens (including phenoxy) is 1. The van der Waals surface area contributed by atoms with Gasteiger partial charge in [0, 0.05) is 15.9 Å². The Morgan fingerprint density at radius 2 is 1.26 bits per heavy atom. The van der Waals surface area contributed by atoms with Gasteiger partial charge in [-0.3, -0.25) is 0 Å². The Balaban J connectivity index is 2.21. The number of hydrogen-bond donors (Lipinski definition) is 0. The lowest BCUT2D eigenvalue weighted by Gasteiger charge is -2.20. The van der Waals surface area contributed by atoms with E-state index in [2.05, 4.69) is 0 Å². The number of rotatable bonds is 5. The number of hydrogen-bond acceptors (Lipinski definition) is 2. The zero-order valence-corrected chi connectivity index (χ0v) is 13.9. The fraction of sp³-hybridized carbons (Fsp3) is 0.100. The number of benzene rings is 3. The topological polar surface area (TPSA) is 26.3 Å². The molecule has 0 atom stereocenters. The highest BCUT2D eigenvalue weighted by molar-refractivity contribution is 7.85. The SMILES string of the molecule is CCOc1cccc(P(=O)(c2ccccc2)c2ccccc2)c1. The molecule has 0 amide bonds. The molecule has 0 fully saturated rings. The first-order valence-electron chi connectivity index (χ1n) is 7.70. The van der Waals surface area contributed by atoms with Crippen molar-refractivity contribution >= 4 is 23.1 Å². The molecule has 0 bridgehead atoms. The van der Waals surface area contributed by atoms with E-state index in [0.29, 0.717) is 6.61 Å². The summed E-state index contributed by atoms with van der Waals surface area (Å²) in [5.41, 5.74) is 0. The molecule has 0 aliphatic heterocycles. The molecule has 0 aromatic heterocycles. The first-order chi connectivity index (χ1) is 11.2. The third kappa shape index (κ3) is 3.09. The molecule has 0 radical (unpaired) electrons. The zero-order chi connectivity index (χ0) is 16.1. The molecule has 0 aliphatic carbocycles. The Hall–Kier alpha value is -2.31. The first-order valence-corrected chi connectivity index (χ1v) is 9.40. The van der Waals surface area contributed by atoms with Gasteiger partial charge in [0.25, 0.3) is 0 Å². The van der Waals surface area contributed by atoms with Crippen LogP contribution in [0.2, 0.25) is 0 Å². The highest BCUT2D eigenvalue weighted by Gasteiger charge is 2.29. The van der Waals surface area contributed by atoms with E-state index in [-0.39, 0.29) is 0 Å². The quantitative estimate of drug-likeness (QED) is 0.669. The smallest absolute Gasteiger partial charge is 0.171 e. The Morgan fingerprint density at radius 3 is 1.78 bits per heavy atom. The molecule has 0 aliphatic rings. The summed E-state index contributed by atoms with van der Waals surface area (Å²) >= 11 is 0.